The van der Waals surface area contributed by atoms with Gasteiger partial charge < -0.3 is 4.42 Å². The van der Waals surface area contributed by atoms with E-state index in [9.17, 15) is 8.78 Å². The quantitative estimate of drug-likeness (QED) is 0.668. The summed E-state index contributed by atoms with van der Waals surface area (Å²) in [6.07, 6.45) is 0.453. The van der Waals surface area contributed by atoms with Gasteiger partial charge in [-0.15, -0.1) is 0 Å². The number of benzene rings is 1. The van der Waals surface area contributed by atoms with Gasteiger partial charge in [0.15, 0.2) is 11.6 Å². The molecule has 5 heteroatoms. The van der Waals surface area contributed by atoms with E-state index in [4.69, 9.17) is 10.3 Å². The zero-order chi connectivity index (χ0) is 14.9. The molecule has 0 spiro atoms. The summed E-state index contributed by atoms with van der Waals surface area (Å²) < 4.78 is 31.8. The van der Waals surface area contributed by atoms with E-state index in [1.54, 1.807) is 6.07 Å². The Morgan fingerprint density at radius 3 is 2.35 bits per heavy atom. The highest BCUT2D eigenvalue weighted by Crippen LogP contribution is 2.29. The first-order chi connectivity index (χ1) is 9.43. The Morgan fingerprint density at radius 2 is 1.85 bits per heavy atom. The number of hydrazine groups is 1. The molecule has 0 radical (unpaired) electrons. The number of nitrogens with two attached hydrogens (primary N) is 1. The number of furan rings is 1. The van der Waals surface area contributed by atoms with Crippen molar-refractivity contribution in [2.24, 2.45) is 5.84 Å². The zero-order valence-corrected chi connectivity index (χ0v) is 11.8. The molecule has 1 aromatic carbocycles. The number of nitrogens with one attached hydrogen (secondary N) is 1. The van der Waals surface area contributed by atoms with E-state index in [1.807, 2.05) is 20.8 Å². The predicted octanol–water partition coefficient (Wildman–Crippen LogP) is 3.23. The fraction of sp³-hybridized carbons (Fsp3) is 0.333. The summed E-state index contributed by atoms with van der Waals surface area (Å²) in [7, 11) is 0. The van der Waals surface area contributed by atoms with Gasteiger partial charge in [0, 0.05) is 5.56 Å². The summed E-state index contributed by atoms with van der Waals surface area (Å²) in [6.45, 7) is 5.71. The van der Waals surface area contributed by atoms with E-state index in [0.29, 0.717) is 12.0 Å². The van der Waals surface area contributed by atoms with Gasteiger partial charge in [0.25, 0.3) is 0 Å². The van der Waals surface area contributed by atoms with Gasteiger partial charge in [-0.3, -0.25) is 11.3 Å². The molecule has 0 aliphatic rings. The smallest absolute Gasteiger partial charge is 0.159 e. The average molecular weight is 280 g/mol. The standard InChI is InChI=1S/C15H18F2N2O/c1-8-9(2)20-10(3)15(8)14(19-18)7-11-4-5-12(16)13(17)6-11/h4-6,14,19H,7,18H2,1-3H3. The molecule has 2 rings (SSSR count). The van der Waals surface area contributed by atoms with Crippen molar-refractivity contribution in [2.45, 2.75) is 33.2 Å². The first-order valence-electron chi connectivity index (χ1n) is 6.40. The second-order valence-electron chi connectivity index (χ2n) is 4.92. The molecule has 3 nitrogen and oxygen atoms in total. The van der Waals surface area contributed by atoms with Gasteiger partial charge in [0.1, 0.15) is 11.5 Å². The van der Waals surface area contributed by atoms with Crippen LogP contribution in [0.2, 0.25) is 0 Å². The molecule has 108 valence electrons. The molecule has 0 bridgehead atoms. The minimum Gasteiger partial charge on any atom is -0.466 e. The number of halogens is 2. The Hall–Kier alpha value is -1.72. The Bertz CT molecular complexity index is 623. The van der Waals surface area contributed by atoms with Crippen LogP contribution in [0.15, 0.2) is 22.6 Å². The van der Waals surface area contributed by atoms with Gasteiger partial charge in [-0.1, -0.05) is 6.07 Å². The van der Waals surface area contributed by atoms with Crippen LogP contribution in [-0.4, -0.2) is 0 Å². The van der Waals surface area contributed by atoms with Crippen molar-refractivity contribution >= 4 is 0 Å². The van der Waals surface area contributed by atoms with Crippen molar-refractivity contribution in [3.63, 3.8) is 0 Å². The molecule has 1 heterocycles. The first kappa shape index (κ1) is 14.7. The molecular formula is C15H18F2N2O. The molecule has 0 saturated heterocycles. The fourth-order valence-electron chi connectivity index (χ4n) is 2.47. The SMILES string of the molecule is Cc1oc(C)c(C(Cc2ccc(F)c(F)c2)NN)c1C. The lowest BCUT2D eigenvalue weighted by Crippen LogP contribution is -2.30. The zero-order valence-electron chi connectivity index (χ0n) is 11.8. The molecule has 1 unspecified atom stereocenters. The van der Waals surface area contributed by atoms with Crippen LogP contribution in [0, 0.1) is 32.4 Å². The van der Waals surface area contributed by atoms with Gasteiger partial charge in [-0.2, -0.15) is 0 Å². The normalized spacial score (nSPS) is 12.7. The highest BCUT2D eigenvalue weighted by Gasteiger charge is 2.20. The third-order valence-corrected chi connectivity index (χ3v) is 3.59. The van der Waals surface area contributed by atoms with Gasteiger partial charge in [-0.25, -0.2) is 8.78 Å². The number of aryl methyl sites for hydroxylation is 2. The van der Waals surface area contributed by atoms with E-state index >= 15 is 0 Å². The Kier molecular flexibility index (Phi) is 4.20. The maximum atomic E-state index is 13.3. The fourth-order valence-corrected chi connectivity index (χ4v) is 2.47. The average Bonchev–Trinajstić information content (AvgIpc) is 2.65. The van der Waals surface area contributed by atoms with E-state index in [1.165, 1.54) is 6.07 Å². The monoisotopic (exact) mass is 280 g/mol. The maximum Gasteiger partial charge on any atom is 0.159 e. The summed E-state index contributed by atoms with van der Waals surface area (Å²) in [5.74, 6) is 5.53. The van der Waals surface area contributed by atoms with E-state index in [-0.39, 0.29) is 6.04 Å². The largest absolute Gasteiger partial charge is 0.466 e. The molecular weight excluding hydrogens is 262 g/mol. The molecule has 1 aromatic heterocycles. The van der Waals surface area contributed by atoms with Crippen LogP contribution in [0.1, 0.15) is 34.3 Å². The molecule has 20 heavy (non-hydrogen) atoms. The summed E-state index contributed by atoms with van der Waals surface area (Å²) in [4.78, 5) is 0. The van der Waals surface area contributed by atoms with Crippen molar-refractivity contribution < 1.29 is 13.2 Å². The number of hydrogen-bond donors (Lipinski definition) is 2. The Morgan fingerprint density at radius 1 is 1.15 bits per heavy atom. The highest BCUT2D eigenvalue weighted by atomic mass is 19.2. The van der Waals surface area contributed by atoms with Crippen LogP contribution in [0.3, 0.4) is 0 Å². The molecule has 0 aliphatic carbocycles. The van der Waals surface area contributed by atoms with E-state index in [2.05, 4.69) is 5.43 Å². The van der Waals surface area contributed by atoms with Crippen LogP contribution in [0.5, 0.6) is 0 Å². The van der Waals surface area contributed by atoms with E-state index in [0.717, 1.165) is 28.7 Å². The van der Waals surface area contributed by atoms with Crippen molar-refractivity contribution in [1.29, 1.82) is 0 Å². The third-order valence-electron chi connectivity index (χ3n) is 3.59. The lowest BCUT2D eigenvalue weighted by molar-refractivity contribution is 0.482. The van der Waals surface area contributed by atoms with Gasteiger partial charge in [0.2, 0.25) is 0 Å². The van der Waals surface area contributed by atoms with Crippen LogP contribution in [-0.2, 0) is 6.42 Å². The number of rotatable bonds is 4. The van der Waals surface area contributed by atoms with Crippen molar-refractivity contribution in [3.05, 3.63) is 58.0 Å². The first-order valence-corrected chi connectivity index (χ1v) is 6.40. The minimum atomic E-state index is -0.852. The topological polar surface area (TPSA) is 51.2 Å². The summed E-state index contributed by atoms with van der Waals surface area (Å²) in [5, 5.41) is 0. The third kappa shape index (κ3) is 2.73. The second kappa shape index (κ2) is 5.73. The predicted molar refractivity (Wildman–Crippen MR) is 73.0 cm³/mol. The van der Waals surface area contributed by atoms with Gasteiger partial charge in [0.05, 0.1) is 6.04 Å². The summed E-state index contributed by atoms with van der Waals surface area (Å²) in [6, 6.07) is 3.66. The molecule has 0 amide bonds. The highest BCUT2D eigenvalue weighted by molar-refractivity contribution is 5.35. The van der Waals surface area contributed by atoms with E-state index < -0.39 is 11.6 Å². The lowest BCUT2D eigenvalue weighted by atomic mass is 9.96. The van der Waals surface area contributed by atoms with Crippen LogP contribution >= 0.6 is 0 Å². The molecule has 2 aromatic rings. The van der Waals surface area contributed by atoms with Crippen molar-refractivity contribution in [1.82, 2.24) is 5.43 Å². The molecule has 0 fully saturated rings. The molecule has 3 N–H and O–H groups in total. The van der Waals surface area contributed by atoms with Crippen LogP contribution in [0.25, 0.3) is 0 Å². The minimum absolute atomic E-state index is 0.211. The van der Waals surface area contributed by atoms with Gasteiger partial charge in [-0.05, 0) is 50.5 Å². The Balaban J connectivity index is 2.31. The van der Waals surface area contributed by atoms with Crippen molar-refractivity contribution in [3.8, 4) is 0 Å². The lowest BCUT2D eigenvalue weighted by Gasteiger charge is -2.17. The van der Waals surface area contributed by atoms with Crippen LogP contribution in [0.4, 0.5) is 8.78 Å². The molecule has 0 aliphatic heterocycles. The van der Waals surface area contributed by atoms with Crippen molar-refractivity contribution in [2.75, 3.05) is 0 Å². The summed E-state index contributed by atoms with van der Waals surface area (Å²) >= 11 is 0. The van der Waals surface area contributed by atoms with Gasteiger partial charge >= 0.3 is 0 Å². The molecule has 0 saturated carbocycles. The molecule has 1 atom stereocenters. The second-order valence-corrected chi connectivity index (χ2v) is 4.92. The summed E-state index contributed by atoms with van der Waals surface area (Å²) in [5.41, 5.74) is 5.38. The van der Waals surface area contributed by atoms with Crippen LogP contribution < -0.4 is 11.3 Å². The maximum absolute atomic E-state index is 13.3. The Labute approximate surface area is 116 Å². The number of hydrogen-bond acceptors (Lipinski definition) is 3.